The Morgan fingerprint density at radius 1 is 1.30 bits per heavy atom. The molecule has 1 N–H and O–H groups in total. The number of carbonyl (C=O) groups is 1. The molecule has 0 atom stereocenters. The van der Waals surface area contributed by atoms with E-state index in [9.17, 15) is 9.90 Å². The molecule has 1 aliphatic heterocycles. The maximum Gasteiger partial charge on any atom is 0.260 e. The zero-order valence-corrected chi connectivity index (χ0v) is 12.7. The minimum atomic E-state index is -0.689. The number of amides is 1. The van der Waals surface area contributed by atoms with Crippen molar-refractivity contribution in [3.05, 3.63) is 28.8 Å². The summed E-state index contributed by atoms with van der Waals surface area (Å²) in [5.41, 5.74) is 2.59. The van der Waals surface area contributed by atoms with Gasteiger partial charge in [0.1, 0.15) is 5.75 Å². The van der Waals surface area contributed by atoms with Gasteiger partial charge >= 0.3 is 0 Å². The van der Waals surface area contributed by atoms with Crippen LogP contribution >= 0.6 is 0 Å². The predicted molar refractivity (Wildman–Crippen MR) is 78.0 cm³/mol. The summed E-state index contributed by atoms with van der Waals surface area (Å²) < 4.78 is 5.67. The standard InChI is InChI=1S/C16H23NO3/c1-5-16(19)9-17(10-16)14(18)8-20-15-12(3)6-11(2)7-13(15)4/h6-7,19H,5,8-10H2,1-4H3. The molecule has 1 aromatic carbocycles. The molecule has 0 aliphatic carbocycles. The average molecular weight is 277 g/mol. The molecule has 0 bridgehead atoms. The predicted octanol–water partition coefficient (Wildman–Crippen LogP) is 1.97. The highest BCUT2D eigenvalue weighted by Crippen LogP contribution is 2.26. The summed E-state index contributed by atoms with van der Waals surface area (Å²) in [4.78, 5) is 13.6. The van der Waals surface area contributed by atoms with Gasteiger partial charge in [-0.15, -0.1) is 0 Å². The number of benzene rings is 1. The van der Waals surface area contributed by atoms with Crippen molar-refractivity contribution >= 4 is 5.91 Å². The van der Waals surface area contributed by atoms with Gasteiger partial charge in [-0.05, 0) is 38.3 Å². The molecule has 0 aromatic heterocycles. The zero-order chi connectivity index (χ0) is 14.9. The highest BCUT2D eigenvalue weighted by Gasteiger charge is 2.41. The first kappa shape index (κ1) is 14.9. The molecule has 0 radical (unpaired) electrons. The number of aliphatic hydroxyl groups is 1. The molecule has 110 valence electrons. The first-order chi connectivity index (χ1) is 9.34. The van der Waals surface area contributed by atoms with Crippen LogP contribution in [0, 0.1) is 20.8 Å². The average Bonchev–Trinajstić information content (AvgIpc) is 2.33. The topological polar surface area (TPSA) is 49.8 Å². The summed E-state index contributed by atoms with van der Waals surface area (Å²) in [7, 11) is 0. The molecule has 1 heterocycles. The summed E-state index contributed by atoms with van der Waals surface area (Å²) >= 11 is 0. The van der Waals surface area contributed by atoms with Gasteiger partial charge in [0, 0.05) is 0 Å². The lowest BCUT2D eigenvalue weighted by Crippen LogP contribution is -2.63. The number of ether oxygens (including phenoxy) is 1. The van der Waals surface area contributed by atoms with Crippen LogP contribution in [0.3, 0.4) is 0 Å². The molecule has 20 heavy (non-hydrogen) atoms. The molecule has 0 spiro atoms. The molecule has 4 nitrogen and oxygen atoms in total. The van der Waals surface area contributed by atoms with Gasteiger partial charge in [0.25, 0.3) is 5.91 Å². The number of β-amino-alcohol motifs (C(OH)–C–C–N with tert-alkyl or cyclic N) is 1. The van der Waals surface area contributed by atoms with Crippen molar-refractivity contribution in [1.82, 2.24) is 4.90 Å². The van der Waals surface area contributed by atoms with Gasteiger partial charge in [0.05, 0.1) is 18.7 Å². The van der Waals surface area contributed by atoms with Crippen LogP contribution in [-0.2, 0) is 4.79 Å². The fourth-order valence-electron chi connectivity index (χ4n) is 2.68. The first-order valence-corrected chi connectivity index (χ1v) is 7.05. The van der Waals surface area contributed by atoms with E-state index in [2.05, 4.69) is 0 Å². The lowest BCUT2D eigenvalue weighted by atomic mass is 9.91. The van der Waals surface area contributed by atoms with E-state index in [-0.39, 0.29) is 12.5 Å². The highest BCUT2D eigenvalue weighted by molar-refractivity contribution is 5.79. The summed E-state index contributed by atoms with van der Waals surface area (Å²) in [6.07, 6.45) is 0.674. The van der Waals surface area contributed by atoms with Crippen LogP contribution in [0.25, 0.3) is 0 Å². The van der Waals surface area contributed by atoms with Gasteiger partial charge in [0.15, 0.2) is 6.61 Å². The van der Waals surface area contributed by atoms with Crippen molar-refractivity contribution in [2.75, 3.05) is 19.7 Å². The first-order valence-electron chi connectivity index (χ1n) is 7.05. The van der Waals surface area contributed by atoms with Gasteiger partial charge in [-0.2, -0.15) is 0 Å². The Kier molecular flexibility index (Phi) is 4.04. The second-order valence-corrected chi connectivity index (χ2v) is 5.84. The van der Waals surface area contributed by atoms with Crippen LogP contribution in [0.2, 0.25) is 0 Å². The number of rotatable bonds is 4. The molecular weight excluding hydrogens is 254 g/mol. The van der Waals surface area contributed by atoms with Gasteiger partial charge in [-0.1, -0.05) is 24.6 Å². The van der Waals surface area contributed by atoms with E-state index in [0.717, 1.165) is 16.9 Å². The maximum atomic E-state index is 12.0. The van der Waals surface area contributed by atoms with Gasteiger partial charge in [-0.25, -0.2) is 0 Å². The minimum Gasteiger partial charge on any atom is -0.483 e. The molecule has 1 fully saturated rings. The van der Waals surface area contributed by atoms with Crippen LogP contribution in [-0.4, -0.2) is 41.2 Å². The van der Waals surface area contributed by atoms with E-state index in [0.29, 0.717) is 19.5 Å². The quantitative estimate of drug-likeness (QED) is 0.915. The molecule has 1 aliphatic rings. The number of hydrogen-bond acceptors (Lipinski definition) is 3. The summed E-state index contributed by atoms with van der Waals surface area (Å²) in [6.45, 7) is 8.80. The van der Waals surface area contributed by atoms with Crippen molar-refractivity contribution in [2.45, 2.75) is 39.7 Å². The zero-order valence-electron chi connectivity index (χ0n) is 12.7. The molecule has 1 amide bonds. The summed E-state index contributed by atoms with van der Waals surface area (Å²) in [5.74, 6) is 0.720. The lowest BCUT2D eigenvalue weighted by molar-refractivity contribution is -0.157. The fourth-order valence-corrected chi connectivity index (χ4v) is 2.68. The smallest absolute Gasteiger partial charge is 0.260 e. The van der Waals surface area contributed by atoms with E-state index in [1.807, 2.05) is 39.8 Å². The summed E-state index contributed by atoms with van der Waals surface area (Å²) in [6, 6.07) is 4.10. The normalized spacial score (nSPS) is 16.8. The van der Waals surface area contributed by atoms with Gasteiger partial charge in [0.2, 0.25) is 0 Å². The Hall–Kier alpha value is -1.55. The SMILES string of the molecule is CCC1(O)CN(C(=O)COc2c(C)cc(C)cc2C)C1. The molecule has 1 aromatic rings. The lowest BCUT2D eigenvalue weighted by Gasteiger charge is -2.45. The van der Waals surface area contributed by atoms with Crippen molar-refractivity contribution in [3.63, 3.8) is 0 Å². The molecule has 4 heteroatoms. The Morgan fingerprint density at radius 3 is 2.35 bits per heavy atom. The number of likely N-dealkylation sites (tertiary alicyclic amines) is 1. The van der Waals surface area contributed by atoms with Crippen LogP contribution in [0.5, 0.6) is 5.75 Å². The third-order valence-electron chi connectivity index (χ3n) is 3.93. The van der Waals surface area contributed by atoms with Crippen molar-refractivity contribution < 1.29 is 14.6 Å². The second-order valence-electron chi connectivity index (χ2n) is 5.84. The molecule has 0 unspecified atom stereocenters. The molecule has 2 rings (SSSR count). The Labute approximate surface area is 120 Å². The number of hydrogen-bond donors (Lipinski definition) is 1. The highest BCUT2D eigenvalue weighted by atomic mass is 16.5. The number of aryl methyl sites for hydroxylation is 3. The molecule has 0 saturated carbocycles. The Morgan fingerprint density at radius 2 is 1.85 bits per heavy atom. The van der Waals surface area contributed by atoms with E-state index >= 15 is 0 Å². The van der Waals surface area contributed by atoms with Crippen LogP contribution in [0.1, 0.15) is 30.0 Å². The third kappa shape index (κ3) is 2.96. The Bertz CT molecular complexity index is 495. The number of nitrogens with zero attached hydrogens (tertiary/aromatic N) is 1. The van der Waals surface area contributed by atoms with E-state index in [1.165, 1.54) is 5.56 Å². The maximum absolute atomic E-state index is 12.0. The van der Waals surface area contributed by atoms with Crippen LogP contribution < -0.4 is 4.74 Å². The molecular formula is C16H23NO3. The summed E-state index contributed by atoms with van der Waals surface area (Å²) in [5, 5.41) is 9.91. The number of carbonyl (C=O) groups excluding carboxylic acids is 1. The second kappa shape index (κ2) is 5.44. The fraction of sp³-hybridized carbons (Fsp3) is 0.562. The van der Waals surface area contributed by atoms with Crippen LogP contribution in [0.4, 0.5) is 0 Å². The van der Waals surface area contributed by atoms with Crippen molar-refractivity contribution in [2.24, 2.45) is 0 Å². The van der Waals surface area contributed by atoms with Crippen molar-refractivity contribution in [1.29, 1.82) is 0 Å². The van der Waals surface area contributed by atoms with Crippen LogP contribution in [0.15, 0.2) is 12.1 Å². The van der Waals surface area contributed by atoms with E-state index in [1.54, 1.807) is 4.90 Å². The van der Waals surface area contributed by atoms with E-state index < -0.39 is 5.60 Å². The van der Waals surface area contributed by atoms with Gasteiger partial charge < -0.3 is 14.7 Å². The van der Waals surface area contributed by atoms with E-state index in [4.69, 9.17) is 4.74 Å². The third-order valence-corrected chi connectivity index (χ3v) is 3.93. The molecule has 1 saturated heterocycles. The van der Waals surface area contributed by atoms with Gasteiger partial charge in [-0.3, -0.25) is 4.79 Å². The monoisotopic (exact) mass is 277 g/mol. The minimum absolute atomic E-state index is 0.0323. The van der Waals surface area contributed by atoms with Crippen molar-refractivity contribution in [3.8, 4) is 5.75 Å². The largest absolute Gasteiger partial charge is 0.483 e. The Balaban J connectivity index is 1.92.